The summed E-state index contributed by atoms with van der Waals surface area (Å²) >= 11 is 8.01. The summed E-state index contributed by atoms with van der Waals surface area (Å²) < 4.78 is 0.958. The molecule has 0 atom stereocenters. The number of hydrogen-bond donors (Lipinski definition) is 2. The summed E-state index contributed by atoms with van der Waals surface area (Å²) in [7, 11) is 0. The number of nitrogens with zero attached hydrogens (tertiary/aromatic N) is 1. The highest BCUT2D eigenvalue weighted by molar-refractivity contribution is 9.11. The summed E-state index contributed by atoms with van der Waals surface area (Å²) in [5, 5.41) is 15.5. The van der Waals surface area contributed by atoms with E-state index < -0.39 is 0 Å². The van der Waals surface area contributed by atoms with Crippen LogP contribution in [0.2, 0.25) is 0 Å². The third kappa shape index (κ3) is 3.80. The predicted molar refractivity (Wildman–Crippen MR) is 86.4 cm³/mol. The maximum absolute atomic E-state index is 12.0. The summed E-state index contributed by atoms with van der Waals surface area (Å²) in [5.41, 5.74) is 1.47. The summed E-state index contributed by atoms with van der Waals surface area (Å²) in [6, 6.07) is 3.17. The quantitative estimate of drug-likeness (QED) is 0.794. The number of nitrogens with one attached hydrogen (secondary N) is 1. The van der Waals surface area contributed by atoms with Crippen molar-refractivity contribution < 1.29 is 9.90 Å². The number of thiazole rings is 1. The fourth-order valence-electron chi connectivity index (χ4n) is 1.63. The molecule has 2 rings (SSSR count). The van der Waals surface area contributed by atoms with Crippen LogP contribution in [0.1, 0.15) is 21.1 Å². The van der Waals surface area contributed by atoms with E-state index in [0.29, 0.717) is 27.5 Å². The van der Waals surface area contributed by atoms with Crippen LogP contribution < -0.4 is 5.32 Å². The van der Waals surface area contributed by atoms with Crippen LogP contribution in [0.4, 0.5) is 0 Å². The van der Waals surface area contributed by atoms with Gasteiger partial charge in [0.25, 0.3) is 5.91 Å². The second-order valence-corrected chi connectivity index (χ2v) is 6.92. The Balaban J connectivity index is 1.95. The Morgan fingerprint density at radius 1 is 1.40 bits per heavy atom. The van der Waals surface area contributed by atoms with Crippen LogP contribution in [0.25, 0.3) is 0 Å². The Labute approximate surface area is 137 Å². The molecule has 0 aliphatic carbocycles. The van der Waals surface area contributed by atoms with E-state index in [1.54, 1.807) is 23.5 Å². The number of amides is 1. The lowest BCUT2D eigenvalue weighted by molar-refractivity contribution is 0.0954. The van der Waals surface area contributed by atoms with Crippen LogP contribution in [0.3, 0.4) is 0 Å². The lowest BCUT2D eigenvalue weighted by atomic mass is 10.2. The molecule has 2 N–H and O–H groups in total. The van der Waals surface area contributed by atoms with Crippen molar-refractivity contribution in [2.24, 2.45) is 0 Å². The second kappa shape index (κ2) is 6.69. The van der Waals surface area contributed by atoms with Crippen molar-refractivity contribution in [2.75, 3.05) is 6.54 Å². The minimum absolute atomic E-state index is 0.0829. The smallest absolute Gasteiger partial charge is 0.251 e. The van der Waals surface area contributed by atoms with Gasteiger partial charge in [0.15, 0.2) is 0 Å². The van der Waals surface area contributed by atoms with Crippen LogP contribution >= 0.6 is 43.2 Å². The van der Waals surface area contributed by atoms with Crippen molar-refractivity contribution in [2.45, 2.75) is 13.3 Å². The molecule has 20 heavy (non-hydrogen) atoms. The highest BCUT2D eigenvalue weighted by atomic mass is 79.9. The van der Waals surface area contributed by atoms with E-state index in [4.69, 9.17) is 0 Å². The number of benzene rings is 1. The fourth-order valence-corrected chi connectivity index (χ4v) is 3.46. The first-order valence-electron chi connectivity index (χ1n) is 5.84. The summed E-state index contributed by atoms with van der Waals surface area (Å²) in [6.45, 7) is 2.48. The van der Waals surface area contributed by atoms with Gasteiger partial charge in [-0.15, -0.1) is 11.3 Å². The molecular weight excluding hydrogens is 408 g/mol. The van der Waals surface area contributed by atoms with Crippen molar-refractivity contribution in [3.63, 3.8) is 0 Å². The highest BCUT2D eigenvalue weighted by Crippen LogP contribution is 2.33. The molecule has 0 saturated heterocycles. The Morgan fingerprint density at radius 3 is 2.60 bits per heavy atom. The molecule has 1 aromatic carbocycles. The summed E-state index contributed by atoms with van der Waals surface area (Å²) in [4.78, 5) is 16.3. The van der Waals surface area contributed by atoms with Gasteiger partial charge >= 0.3 is 0 Å². The average Bonchev–Trinajstić information content (AvgIpc) is 2.81. The minimum atomic E-state index is -0.182. The number of halogens is 2. The van der Waals surface area contributed by atoms with E-state index in [0.717, 1.165) is 10.7 Å². The number of aromatic nitrogens is 1. The predicted octanol–water partition coefficient (Wildman–Crippen LogP) is 3.65. The lowest BCUT2D eigenvalue weighted by Gasteiger charge is -2.07. The van der Waals surface area contributed by atoms with Crippen LogP contribution in [-0.2, 0) is 6.42 Å². The number of carbonyl (C=O) groups excluding carboxylic acids is 1. The van der Waals surface area contributed by atoms with Crippen molar-refractivity contribution >= 4 is 49.1 Å². The van der Waals surface area contributed by atoms with Crippen LogP contribution in [0.5, 0.6) is 5.75 Å². The van der Waals surface area contributed by atoms with Crippen LogP contribution in [-0.4, -0.2) is 22.5 Å². The zero-order chi connectivity index (χ0) is 14.7. The van der Waals surface area contributed by atoms with E-state index in [9.17, 15) is 9.90 Å². The molecule has 0 saturated carbocycles. The second-order valence-electron chi connectivity index (χ2n) is 4.15. The van der Waals surface area contributed by atoms with Gasteiger partial charge in [0, 0.05) is 23.9 Å². The van der Waals surface area contributed by atoms with Crippen molar-refractivity contribution in [1.82, 2.24) is 10.3 Å². The van der Waals surface area contributed by atoms with Gasteiger partial charge in [-0.25, -0.2) is 4.98 Å². The maximum atomic E-state index is 12.0. The Kier molecular flexibility index (Phi) is 5.17. The number of hydrogen-bond acceptors (Lipinski definition) is 4. The minimum Gasteiger partial charge on any atom is -0.506 e. The largest absolute Gasteiger partial charge is 0.506 e. The lowest BCUT2D eigenvalue weighted by Crippen LogP contribution is -2.25. The number of rotatable bonds is 4. The number of carbonyl (C=O) groups is 1. The molecule has 0 radical (unpaired) electrons. The molecule has 0 unspecified atom stereocenters. The molecule has 7 heteroatoms. The van der Waals surface area contributed by atoms with Crippen molar-refractivity contribution in [3.8, 4) is 5.75 Å². The third-order valence-corrected chi connectivity index (χ3v) is 4.64. The van der Waals surface area contributed by atoms with Crippen LogP contribution in [0, 0.1) is 6.92 Å². The highest BCUT2D eigenvalue weighted by Gasteiger charge is 2.11. The van der Waals surface area contributed by atoms with E-state index in [-0.39, 0.29) is 11.7 Å². The van der Waals surface area contributed by atoms with Gasteiger partial charge < -0.3 is 10.4 Å². The first-order chi connectivity index (χ1) is 9.47. The van der Waals surface area contributed by atoms with E-state index in [1.807, 2.05) is 12.3 Å². The van der Waals surface area contributed by atoms with Gasteiger partial charge in [-0.05, 0) is 50.9 Å². The Bertz CT molecular complexity index is 620. The molecule has 0 aliphatic heterocycles. The van der Waals surface area contributed by atoms with Gasteiger partial charge in [0.05, 0.1) is 19.6 Å². The van der Waals surface area contributed by atoms with Crippen LogP contribution in [0.15, 0.2) is 26.5 Å². The molecule has 1 aromatic heterocycles. The van der Waals surface area contributed by atoms with E-state index in [2.05, 4.69) is 42.2 Å². The van der Waals surface area contributed by atoms with Gasteiger partial charge in [0.2, 0.25) is 0 Å². The first-order valence-corrected chi connectivity index (χ1v) is 8.31. The monoisotopic (exact) mass is 418 g/mol. The average molecular weight is 420 g/mol. The van der Waals surface area contributed by atoms with Gasteiger partial charge in [0.1, 0.15) is 5.75 Å². The van der Waals surface area contributed by atoms with Gasteiger partial charge in [-0.2, -0.15) is 0 Å². The molecule has 106 valence electrons. The molecule has 2 aromatic rings. The maximum Gasteiger partial charge on any atom is 0.251 e. The Hall–Kier alpha value is -0.920. The molecular formula is C13H12Br2N2O2S. The SMILES string of the molecule is Cc1nc(CCNC(=O)c2cc(Br)c(O)c(Br)c2)cs1. The molecule has 0 bridgehead atoms. The fraction of sp³-hybridized carbons (Fsp3) is 0.231. The number of aryl methyl sites for hydroxylation is 1. The first kappa shape index (κ1) is 15.5. The Morgan fingerprint density at radius 2 is 2.05 bits per heavy atom. The van der Waals surface area contributed by atoms with E-state index in [1.165, 1.54) is 0 Å². The third-order valence-electron chi connectivity index (χ3n) is 2.61. The molecule has 0 aliphatic rings. The molecule has 4 nitrogen and oxygen atoms in total. The number of phenols is 1. The van der Waals surface area contributed by atoms with Crippen molar-refractivity contribution in [1.29, 1.82) is 0 Å². The van der Waals surface area contributed by atoms with Gasteiger partial charge in [-0.3, -0.25) is 4.79 Å². The normalized spacial score (nSPS) is 10.6. The zero-order valence-corrected chi connectivity index (χ0v) is 14.6. The van der Waals surface area contributed by atoms with E-state index >= 15 is 0 Å². The number of phenolic OH excluding ortho intramolecular Hbond substituents is 1. The molecule has 0 spiro atoms. The standard InChI is InChI=1S/C13H12Br2N2O2S/c1-7-17-9(6-20-7)2-3-16-13(19)8-4-10(14)12(18)11(15)5-8/h4-6,18H,2-3H2,1H3,(H,16,19). The zero-order valence-electron chi connectivity index (χ0n) is 10.6. The number of aromatic hydroxyl groups is 1. The molecule has 1 amide bonds. The van der Waals surface area contributed by atoms with Gasteiger partial charge in [-0.1, -0.05) is 0 Å². The topological polar surface area (TPSA) is 62.2 Å². The summed E-state index contributed by atoms with van der Waals surface area (Å²) in [5.74, 6) is -0.0992. The molecule has 0 fully saturated rings. The van der Waals surface area contributed by atoms with Crippen molar-refractivity contribution in [3.05, 3.63) is 42.7 Å². The molecule has 1 heterocycles. The summed E-state index contributed by atoms with van der Waals surface area (Å²) in [6.07, 6.45) is 0.705.